The van der Waals surface area contributed by atoms with Crippen LogP contribution in [0.1, 0.15) is 18.0 Å². The van der Waals surface area contributed by atoms with Crippen molar-refractivity contribution in [3.05, 3.63) is 52.8 Å². The van der Waals surface area contributed by atoms with Crippen LogP contribution in [0.25, 0.3) is 0 Å². The Balaban J connectivity index is 1.44. The highest BCUT2D eigenvalue weighted by Crippen LogP contribution is 2.30. The Bertz CT molecular complexity index is 898. The molecule has 2 aromatic rings. The van der Waals surface area contributed by atoms with Crippen molar-refractivity contribution in [3.8, 4) is 0 Å². The maximum Gasteiger partial charge on any atom is 0.341 e. The van der Waals surface area contributed by atoms with E-state index in [2.05, 4.69) is 15.1 Å². The van der Waals surface area contributed by atoms with Gasteiger partial charge in [0.1, 0.15) is 16.8 Å². The minimum absolute atomic E-state index is 0.296. The van der Waals surface area contributed by atoms with E-state index in [9.17, 15) is 13.6 Å². The zero-order valence-corrected chi connectivity index (χ0v) is 15.6. The molecule has 0 radical (unpaired) electrons. The molecule has 10 heteroatoms. The quantitative estimate of drug-likeness (QED) is 0.719. The molecule has 3 heterocycles. The molecule has 0 aliphatic carbocycles. The first-order valence-corrected chi connectivity index (χ1v) is 9.19. The zero-order chi connectivity index (χ0) is 19.7. The lowest BCUT2D eigenvalue weighted by molar-refractivity contribution is 0.139. The molecule has 4 rings (SSSR count). The number of hydrogen-bond donors (Lipinski definition) is 0. The van der Waals surface area contributed by atoms with E-state index in [1.807, 2.05) is 4.90 Å². The van der Waals surface area contributed by atoms with Gasteiger partial charge in [0.2, 0.25) is 5.95 Å². The van der Waals surface area contributed by atoms with E-state index >= 15 is 0 Å². The van der Waals surface area contributed by atoms with Gasteiger partial charge in [-0.25, -0.2) is 28.6 Å². The summed E-state index contributed by atoms with van der Waals surface area (Å²) in [5, 5.41) is 5.79. The van der Waals surface area contributed by atoms with Crippen molar-refractivity contribution in [1.82, 2.24) is 19.9 Å². The van der Waals surface area contributed by atoms with Gasteiger partial charge < -0.3 is 9.80 Å². The van der Waals surface area contributed by atoms with Crippen molar-refractivity contribution in [3.63, 3.8) is 0 Å². The third-order valence-corrected chi connectivity index (χ3v) is 4.95. The van der Waals surface area contributed by atoms with Crippen LogP contribution in [0.4, 0.5) is 19.5 Å². The van der Waals surface area contributed by atoms with Crippen LogP contribution in [0, 0.1) is 11.6 Å². The molecular weight excluding hydrogens is 390 g/mol. The number of rotatable bonds is 2. The van der Waals surface area contributed by atoms with Crippen LogP contribution in [-0.2, 0) is 0 Å². The van der Waals surface area contributed by atoms with E-state index in [1.165, 1.54) is 17.1 Å². The second-order valence-electron chi connectivity index (χ2n) is 6.53. The summed E-state index contributed by atoms with van der Waals surface area (Å²) in [6.07, 6.45) is 3.58. The second kappa shape index (κ2) is 7.67. The van der Waals surface area contributed by atoms with E-state index in [0.717, 1.165) is 6.07 Å². The fraction of sp³-hybridized carbons (Fsp3) is 0.333. The molecule has 0 N–H and O–H groups in total. The number of piperazine rings is 1. The maximum absolute atomic E-state index is 13.6. The highest BCUT2D eigenvalue weighted by molar-refractivity contribution is 6.29. The highest BCUT2D eigenvalue weighted by Gasteiger charge is 2.33. The lowest BCUT2D eigenvalue weighted by Crippen LogP contribution is -2.52. The van der Waals surface area contributed by atoms with Crippen molar-refractivity contribution in [1.29, 1.82) is 0 Å². The standard InChI is InChI=1S/C18H17ClF2N6O/c19-16-2-3-22-17(24-16)25-5-7-26(8-6-25)18(28)27-15(1-4-23-27)12-9-13(20)11-14(21)10-12/h2-4,9-11,15H,1,5-8H2. The van der Waals surface area contributed by atoms with Gasteiger partial charge in [-0.1, -0.05) is 11.6 Å². The van der Waals surface area contributed by atoms with Gasteiger partial charge in [0.15, 0.2) is 0 Å². The van der Waals surface area contributed by atoms with Crippen molar-refractivity contribution >= 4 is 29.8 Å². The van der Waals surface area contributed by atoms with Gasteiger partial charge in [0.25, 0.3) is 0 Å². The van der Waals surface area contributed by atoms with Crippen molar-refractivity contribution < 1.29 is 13.6 Å². The second-order valence-corrected chi connectivity index (χ2v) is 6.92. The third-order valence-electron chi connectivity index (χ3n) is 4.74. The largest absolute Gasteiger partial charge is 0.341 e. The Hall–Kier alpha value is -2.81. The Morgan fingerprint density at radius 1 is 1.11 bits per heavy atom. The van der Waals surface area contributed by atoms with Gasteiger partial charge >= 0.3 is 6.03 Å². The Morgan fingerprint density at radius 2 is 1.82 bits per heavy atom. The third kappa shape index (κ3) is 3.75. The molecule has 0 saturated carbocycles. The average Bonchev–Trinajstić information content (AvgIpc) is 3.17. The number of urea groups is 1. The van der Waals surface area contributed by atoms with E-state index in [0.29, 0.717) is 49.3 Å². The Labute approximate surface area is 165 Å². The summed E-state index contributed by atoms with van der Waals surface area (Å²) < 4.78 is 27.2. The fourth-order valence-corrected chi connectivity index (χ4v) is 3.50. The molecule has 2 aliphatic heterocycles. The van der Waals surface area contributed by atoms with Gasteiger partial charge in [0.05, 0.1) is 6.04 Å². The van der Waals surface area contributed by atoms with Gasteiger partial charge in [-0.3, -0.25) is 0 Å². The van der Waals surface area contributed by atoms with Crippen LogP contribution in [0.15, 0.2) is 35.6 Å². The molecule has 1 saturated heterocycles. The number of hydrogen-bond acceptors (Lipinski definition) is 5. The number of anilines is 1. The Morgan fingerprint density at radius 3 is 2.50 bits per heavy atom. The lowest BCUT2D eigenvalue weighted by Gasteiger charge is -2.37. The molecule has 2 amide bonds. The number of aromatic nitrogens is 2. The molecule has 0 spiro atoms. The molecule has 146 valence electrons. The number of nitrogens with zero attached hydrogens (tertiary/aromatic N) is 6. The van der Waals surface area contributed by atoms with Gasteiger partial charge in [0, 0.05) is 51.1 Å². The maximum atomic E-state index is 13.6. The normalized spacial score (nSPS) is 19.4. The number of benzene rings is 1. The van der Waals surface area contributed by atoms with E-state index < -0.39 is 17.7 Å². The first-order chi connectivity index (χ1) is 13.5. The summed E-state index contributed by atoms with van der Waals surface area (Å²) in [4.78, 5) is 24.9. The summed E-state index contributed by atoms with van der Waals surface area (Å²) in [5.74, 6) is -0.833. The number of carbonyl (C=O) groups excluding carboxylic acids is 1. The molecule has 1 aromatic carbocycles. The molecule has 1 aromatic heterocycles. The van der Waals surface area contributed by atoms with Crippen LogP contribution in [0.3, 0.4) is 0 Å². The van der Waals surface area contributed by atoms with Gasteiger partial charge in [-0.15, -0.1) is 0 Å². The number of carbonyl (C=O) groups is 1. The molecule has 1 atom stereocenters. The van der Waals surface area contributed by atoms with E-state index in [-0.39, 0.29) is 6.03 Å². The fourth-order valence-electron chi connectivity index (χ4n) is 3.36. The molecular formula is C18H17ClF2N6O. The van der Waals surface area contributed by atoms with Gasteiger partial charge in [-0.05, 0) is 23.8 Å². The predicted molar refractivity (Wildman–Crippen MR) is 100 cm³/mol. The van der Waals surface area contributed by atoms with Crippen molar-refractivity contribution in [2.75, 3.05) is 31.1 Å². The van der Waals surface area contributed by atoms with Crippen LogP contribution in [0.5, 0.6) is 0 Å². The van der Waals surface area contributed by atoms with Crippen LogP contribution < -0.4 is 4.90 Å². The summed E-state index contributed by atoms with van der Waals surface area (Å²) in [6, 6.07) is 4.06. The molecule has 28 heavy (non-hydrogen) atoms. The summed E-state index contributed by atoms with van der Waals surface area (Å²) in [6.45, 7) is 1.99. The summed E-state index contributed by atoms with van der Waals surface area (Å²) in [7, 11) is 0. The minimum atomic E-state index is -0.676. The predicted octanol–water partition coefficient (Wildman–Crippen LogP) is 3.08. The first-order valence-electron chi connectivity index (χ1n) is 8.81. The molecule has 7 nitrogen and oxygen atoms in total. The highest BCUT2D eigenvalue weighted by atomic mass is 35.5. The molecule has 0 bridgehead atoms. The SMILES string of the molecule is O=C(N1CCN(c2nccc(Cl)n2)CC1)N1N=CCC1c1cc(F)cc(F)c1. The minimum Gasteiger partial charge on any atom is -0.337 e. The van der Waals surface area contributed by atoms with E-state index in [1.54, 1.807) is 23.4 Å². The smallest absolute Gasteiger partial charge is 0.337 e. The zero-order valence-electron chi connectivity index (χ0n) is 14.8. The number of halogens is 3. The van der Waals surface area contributed by atoms with E-state index in [4.69, 9.17) is 11.6 Å². The molecule has 1 unspecified atom stereocenters. The summed E-state index contributed by atoms with van der Waals surface area (Å²) in [5.41, 5.74) is 0.384. The first kappa shape index (κ1) is 18.5. The van der Waals surface area contributed by atoms with Crippen LogP contribution >= 0.6 is 11.6 Å². The van der Waals surface area contributed by atoms with Gasteiger partial charge in [-0.2, -0.15) is 5.10 Å². The summed E-state index contributed by atoms with van der Waals surface area (Å²) >= 11 is 5.91. The topological polar surface area (TPSA) is 64.9 Å². The molecule has 1 fully saturated rings. The molecule has 2 aliphatic rings. The number of hydrazone groups is 1. The lowest BCUT2D eigenvalue weighted by atomic mass is 10.0. The number of amides is 2. The average molecular weight is 407 g/mol. The van der Waals surface area contributed by atoms with Crippen molar-refractivity contribution in [2.24, 2.45) is 5.10 Å². The van der Waals surface area contributed by atoms with Crippen LogP contribution in [0.2, 0.25) is 5.15 Å². The van der Waals surface area contributed by atoms with Crippen molar-refractivity contribution in [2.45, 2.75) is 12.5 Å². The Kier molecular flexibility index (Phi) is 5.08. The monoisotopic (exact) mass is 406 g/mol. The van der Waals surface area contributed by atoms with Crippen LogP contribution in [-0.4, -0.2) is 58.3 Å².